The molecule has 0 aliphatic rings. The number of hydrogen-bond acceptors (Lipinski definition) is 3. The third-order valence-corrected chi connectivity index (χ3v) is 3.01. The lowest BCUT2D eigenvalue weighted by Crippen LogP contribution is -2.24. The number of benzene rings is 1. The Hall–Kier alpha value is -0.170. The maximum Gasteiger partial charge on any atom is 0.198 e. The van der Waals surface area contributed by atoms with E-state index in [2.05, 4.69) is 27.5 Å². The van der Waals surface area contributed by atoms with Crippen LogP contribution >= 0.6 is 22.6 Å². The third kappa shape index (κ3) is 2.91. The predicted molar refractivity (Wildman–Crippen MR) is 62.6 cm³/mol. The third-order valence-electron chi connectivity index (χ3n) is 2.06. The summed E-state index contributed by atoms with van der Waals surface area (Å²) < 4.78 is 5.85. The summed E-state index contributed by atoms with van der Waals surface area (Å²) in [7, 11) is 1.52. The molecule has 0 aliphatic heterocycles. The van der Waals surface area contributed by atoms with Crippen molar-refractivity contribution in [2.45, 2.75) is 12.2 Å². The van der Waals surface area contributed by atoms with Gasteiger partial charge in [0.25, 0.3) is 0 Å². The molecular weight excluding hydrogens is 295 g/mol. The summed E-state index contributed by atoms with van der Waals surface area (Å²) in [5, 5.41) is 8.66. The number of hydrogen-bond donors (Lipinski definition) is 1. The minimum absolute atomic E-state index is 0.0480. The second-order valence-corrected chi connectivity index (χ2v) is 3.76. The first-order valence-corrected chi connectivity index (χ1v) is 5.80. The monoisotopic (exact) mass is 308 g/mol. The zero-order valence-electron chi connectivity index (χ0n) is 7.89. The van der Waals surface area contributed by atoms with Gasteiger partial charge in [0, 0.05) is 17.5 Å². The second-order valence-electron chi connectivity index (χ2n) is 2.88. The van der Waals surface area contributed by atoms with Crippen molar-refractivity contribution in [2.24, 2.45) is 0 Å². The zero-order valence-corrected chi connectivity index (χ0v) is 10.0. The molecular formula is C10H13IO3. The molecule has 4 heteroatoms. The molecule has 0 heterocycles. The highest BCUT2D eigenvalue weighted by Gasteiger charge is 2.22. The molecule has 0 amide bonds. The molecule has 0 fully saturated rings. The first-order chi connectivity index (χ1) is 6.83. The van der Waals surface area contributed by atoms with Crippen LogP contribution < -0.4 is 0 Å². The molecule has 1 rings (SSSR count). The summed E-state index contributed by atoms with van der Waals surface area (Å²) >= 11 is 2.24. The first kappa shape index (κ1) is 11.9. The van der Waals surface area contributed by atoms with E-state index in [4.69, 9.17) is 9.99 Å². The van der Waals surface area contributed by atoms with Gasteiger partial charge in [-0.15, -0.1) is 0 Å². The SMILES string of the molecule is CO[C@H](OO)[C@@H](CI)c1ccccc1. The molecule has 78 valence electrons. The highest BCUT2D eigenvalue weighted by Crippen LogP contribution is 2.24. The molecule has 0 aliphatic carbocycles. The van der Waals surface area contributed by atoms with Gasteiger partial charge in [0.1, 0.15) is 0 Å². The Morgan fingerprint density at radius 1 is 1.36 bits per heavy atom. The van der Waals surface area contributed by atoms with Crippen molar-refractivity contribution >= 4 is 22.6 Å². The first-order valence-electron chi connectivity index (χ1n) is 4.27. The fourth-order valence-corrected chi connectivity index (χ4v) is 2.22. The van der Waals surface area contributed by atoms with Gasteiger partial charge in [-0.3, -0.25) is 0 Å². The molecule has 0 spiro atoms. The molecule has 0 saturated carbocycles. The lowest BCUT2D eigenvalue weighted by Gasteiger charge is -2.21. The van der Waals surface area contributed by atoms with E-state index in [1.807, 2.05) is 30.3 Å². The van der Waals surface area contributed by atoms with Crippen molar-refractivity contribution in [3.63, 3.8) is 0 Å². The Bertz CT molecular complexity index is 249. The lowest BCUT2D eigenvalue weighted by atomic mass is 10.0. The Kier molecular flexibility index (Phi) is 5.39. The summed E-state index contributed by atoms with van der Waals surface area (Å²) in [5.74, 6) is 0.0480. The molecule has 2 atom stereocenters. The van der Waals surface area contributed by atoms with Gasteiger partial charge >= 0.3 is 0 Å². The van der Waals surface area contributed by atoms with Crippen molar-refractivity contribution in [1.29, 1.82) is 0 Å². The van der Waals surface area contributed by atoms with Crippen LogP contribution in [-0.4, -0.2) is 23.1 Å². The van der Waals surface area contributed by atoms with Gasteiger partial charge in [0.05, 0.1) is 0 Å². The molecule has 14 heavy (non-hydrogen) atoms. The lowest BCUT2D eigenvalue weighted by molar-refractivity contribution is -0.345. The van der Waals surface area contributed by atoms with Crippen molar-refractivity contribution in [3.8, 4) is 0 Å². The summed E-state index contributed by atoms with van der Waals surface area (Å²) in [5.41, 5.74) is 1.10. The normalized spacial score (nSPS) is 15.1. The van der Waals surface area contributed by atoms with Crippen molar-refractivity contribution < 1.29 is 14.9 Å². The Balaban J connectivity index is 2.81. The molecule has 0 bridgehead atoms. The summed E-state index contributed by atoms with van der Waals surface area (Å²) in [6.07, 6.45) is -0.603. The van der Waals surface area contributed by atoms with E-state index < -0.39 is 6.29 Å². The molecule has 3 nitrogen and oxygen atoms in total. The number of alkyl halides is 1. The van der Waals surface area contributed by atoms with Gasteiger partial charge in [0.2, 0.25) is 0 Å². The largest absolute Gasteiger partial charge is 0.353 e. The van der Waals surface area contributed by atoms with E-state index in [-0.39, 0.29) is 5.92 Å². The smallest absolute Gasteiger partial charge is 0.198 e. The van der Waals surface area contributed by atoms with Gasteiger partial charge < -0.3 is 4.74 Å². The van der Waals surface area contributed by atoms with Crippen LogP contribution in [0, 0.1) is 0 Å². The molecule has 0 unspecified atom stereocenters. The number of ether oxygens (including phenoxy) is 1. The number of methoxy groups -OCH3 is 1. The van der Waals surface area contributed by atoms with Gasteiger partial charge in [-0.05, 0) is 5.56 Å². The average Bonchev–Trinajstić information content (AvgIpc) is 2.27. The van der Waals surface area contributed by atoms with Crippen LogP contribution in [0.15, 0.2) is 30.3 Å². The standard InChI is InChI=1S/C10H13IO3/c1-13-10(14-12)9(7-11)8-5-3-2-4-6-8/h2-6,9-10,12H,7H2,1H3/t9-,10+/m0/s1. The highest BCUT2D eigenvalue weighted by molar-refractivity contribution is 14.1. The maximum atomic E-state index is 8.66. The molecule has 0 saturated heterocycles. The maximum absolute atomic E-state index is 8.66. The Morgan fingerprint density at radius 2 is 2.00 bits per heavy atom. The van der Waals surface area contributed by atoms with Crippen LogP contribution in [0.25, 0.3) is 0 Å². The van der Waals surface area contributed by atoms with E-state index in [0.29, 0.717) is 0 Å². The summed E-state index contributed by atoms with van der Waals surface area (Å²) in [4.78, 5) is 4.28. The molecule has 0 aromatic heterocycles. The van der Waals surface area contributed by atoms with E-state index in [1.165, 1.54) is 7.11 Å². The van der Waals surface area contributed by atoms with Crippen LogP contribution in [0.1, 0.15) is 11.5 Å². The van der Waals surface area contributed by atoms with E-state index in [9.17, 15) is 0 Å². The van der Waals surface area contributed by atoms with Crippen LogP contribution in [0.2, 0.25) is 0 Å². The Labute approximate surface area is 97.1 Å². The van der Waals surface area contributed by atoms with Gasteiger partial charge in [-0.25, -0.2) is 10.1 Å². The van der Waals surface area contributed by atoms with Gasteiger partial charge in [0.15, 0.2) is 6.29 Å². The van der Waals surface area contributed by atoms with Crippen LogP contribution in [-0.2, 0) is 9.62 Å². The molecule has 1 aromatic carbocycles. The number of rotatable bonds is 5. The van der Waals surface area contributed by atoms with Crippen molar-refractivity contribution in [1.82, 2.24) is 0 Å². The second kappa shape index (κ2) is 6.34. The summed E-state index contributed by atoms with van der Waals surface area (Å²) in [6, 6.07) is 9.86. The molecule has 1 N–H and O–H groups in total. The quantitative estimate of drug-likeness (QED) is 0.299. The van der Waals surface area contributed by atoms with E-state index >= 15 is 0 Å². The van der Waals surface area contributed by atoms with E-state index in [0.717, 1.165) is 9.99 Å². The fraction of sp³-hybridized carbons (Fsp3) is 0.400. The van der Waals surface area contributed by atoms with Gasteiger partial charge in [-0.1, -0.05) is 52.9 Å². The number of halogens is 1. The molecule has 1 aromatic rings. The topological polar surface area (TPSA) is 38.7 Å². The highest BCUT2D eigenvalue weighted by atomic mass is 127. The Morgan fingerprint density at radius 3 is 2.43 bits per heavy atom. The van der Waals surface area contributed by atoms with Crippen LogP contribution in [0.5, 0.6) is 0 Å². The minimum atomic E-state index is -0.603. The van der Waals surface area contributed by atoms with Crippen molar-refractivity contribution in [2.75, 3.05) is 11.5 Å². The molecule has 0 radical (unpaired) electrons. The van der Waals surface area contributed by atoms with Gasteiger partial charge in [-0.2, -0.15) is 0 Å². The fourth-order valence-electron chi connectivity index (χ4n) is 1.30. The van der Waals surface area contributed by atoms with Crippen LogP contribution in [0.4, 0.5) is 0 Å². The van der Waals surface area contributed by atoms with Crippen LogP contribution in [0.3, 0.4) is 0 Å². The summed E-state index contributed by atoms with van der Waals surface area (Å²) in [6.45, 7) is 0. The predicted octanol–water partition coefficient (Wildman–Crippen LogP) is 2.67. The van der Waals surface area contributed by atoms with Crippen molar-refractivity contribution in [3.05, 3.63) is 35.9 Å². The minimum Gasteiger partial charge on any atom is -0.353 e. The average molecular weight is 308 g/mol. The van der Waals surface area contributed by atoms with E-state index in [1.54, 1.807) is 0 Å². The zero-order chi connectivity index (χ0) is 10.4.